The third-order valence-corrected chi connectivity index (χ3v) is 3.65. The van der Waals surface area contributed by atoms with Gasteiger partial charge in [0.25, 0.3) is 5.91 Å². The van der Waals surface area contributed by atoms with Gasteiger partial charge in [-0.2, -0.15) is 0 Å². The minimum Gasteiger partial charge on any atom is -0.466 e. The van der Waals surface area contributed by atoms with Crippen molar-refractivity contribution in [2.75, 3.05) is 6.54 Å². The third kappa shape index (κ3) is 2.22. The van der Waals surface area contributed by atoms with Crippen molar-refractivity contribution < 1.29 is 14.3 Å². The summed E-state index contributed by atoms with van der Waals surface area (Å²) < 4.78 is 5.42. The average molecular weight is 237 g/mol. The number of carbonyl (C=O) groups excluding carboxylic acids is 1. The van der Waals surface area contributed by atoms with Gasteiger partial charge in [-0.1, -0.05) is 0 Å². The van der Waals surface area contributed by atoms with Crippen molar-refractivity contribution in [3.8, 4) is 0 Å². The summed E-state index contributed by atoms with van der Waals surface area (Å²) in [5.41, 5.74) is 0.794. The van der Waals surface area contributed by atoms with E-state index in [0.717, 1.165) is 30.6 Å². The number of rotatable bonds is 3. The molecule has 1 aromatic heterocycles. The lowest BCUT2D eigenvalue weighted by Crippen LogP contribution is -2.47. The predicted octanol–water partition coefficient (Wildman–Crippen LogP) is 1.85. The first-order chi connectivity index (χ1) is 7.93. The summed E-state index contributed by atoms with van der Waals surface area (Å²) in [6, 6.07) is 0. The fourth-order valence-electron chi connectivity index (χ4n) is 2.22. The van der Waals surface area contributed by atoms with Gasteiger partial charge in [0.1, 0.15) is 11.5 Å². The van der Waals surface area contributed by atoms with E-state index in [4.69, 9.17) is 4.42 Å². The second-order valence-corrected chi connectivity index (χ2v) is 4.98. The van der Waals surface area contributed by atoms with E-state index in [1.54, 1.807) is 6.92 Å². The smallest absolute Gasteiger partial charge is 0.255 e. The molecule has 1 fully saturated rings. The van der Waals surface area contributed by atoms with Gasteiger partial charge in [-0.05, 0) is 40.0 Å². The Labute approximate surface area is 101 Å². The van der Waals surface area contributed by atoms with E-state index < -0.39 is 5.60 Å². The van der Waals surface area contributed by atoms with Crippen LogP contribution in [0, 0.1) is 20.8 Å². The van der Waals surface area contributed by atoms with E-state index in [0.29, 0.717) is 17.9 Å². The van der Waals surface area contributed by atoms with Crippen molar-refractivity contribution >= 4 is 5.91 Å². The maximum atomic E-state index is 12.0. The summed E-state index contributed by atoms with van der Waals surface area (Å²) in [7, 11) is 0. The number of aliphatic hydroxyl groups is 1. The van der Waals surface area contributed by atoms with Crippen LogP contribution < -0.4 is 5.32 Å². The molecule has 0 spiro atoms. The van der Waals surface area contributed by atoms with Gasteiger partial charge >= 0.3 is 0 Å². The van der Waals surface area contributed by atoms with Gasteiger partial charge < -0.3 is 14.8 Å². The van der Waals surface area contributed by atoms with E-state index in [-0.39, 0.29) is 5.91 Å². The number of hydrogen-bond donors (Lipinski definition) is 2. The Kier molecular flexibility index (Phi) is 3.00. The first-order valence-corrected chi connectivity index (χ1v) is 6.00. The molecule has 0 saturated heterocycles. The molecular weight excluding hydrogens is 218 g/mol. The monoisotopic (exact) mass is 237 g/mol. The Morgan fingerprint density at radius 1 is 1.35 bits per heavy atom. The van der Waals surface area contributed by atoms with Crippen molar-refractivity contribution in [3.63, 3.8) is 0 Å². The molecule has 0 bridgehead atoms. The van der Waals surface area contributed by atoms with Crippen molar-refractivity contribution in [1.29, 1.82) is 0 Å². The Hall–Kier alpha value is -1.29. The van der Waals surface area contributed by atoms with Crippen LogP contribution in [-0.2, 0) is 0 Å². The molecule has 0 aliphatic heterocycles. The topological polar surface area (TPSA) is 62.5 Å². The average Bonchev–Trinajstić information content (AvgIpc) is 2.47. The first kappa shape index (κ1) is 12.2. The number of carbonyl (C=O) groups is 1. The summed E-state index contributed by atoms with van der Waals surface area (Å²) in [6.45, 7) is 5.83. The molecule has 17 heavy (non-hydrogen) atoms. The minimum absolute atomic E-state index is 0.155. The van der Waals surface area contributed by atoms with Gasteiger partial charge in [0.05, 0.1) is 11.2 Å². The summed E-state index contributed by atoms with van der Waals surface area (Å²) in [5.74, 6) is 1.25. The highest BCUT2D eigenvalue weighted by Crippen LogP contribution is 2.30. The van der Waals surface area contributed by atoms with Crippen LogP contribution in [0.5, 0.6) is 0 Å². The minimum atomic E-state index is -0.684. The fourth-order valence-corrected chi connectivity index (χ4v) is 2.22. The maximum absolute atomic E-state index is 12.0. The van der Waals surface area contributed by atoms with E-state index in [2.05, 4.69) is 5.32 Å². The molecule has 2 rings (SSSR count). The van der Waals surface area contributed by atoms with Crippen molar-refractivity contribution in [2.24, 2.45) is 0 Å². The highest BCUT2D eigenvalue weighted by molar-refractivity contribution is 5.96. The highest BCUT2D eigenvalue weighted by Gasteiger charge is 2.35. The molecular formula is C13H19NO3. The van der Waals surface area contributed by atoms with Gasteiger partial charge in [0, 0.05) is 12.1 Å². The van der Waals surface area contributed by atoms with Gasteiger partial charge in [0.2, 0.25) is 0 Å². The molecule has 1 amide bonds. The maximum Gasteiger partial charge on any atom is 0.255 e. The zero-order valence-electron chi connectivity index (χ0n) is 10.6. The van der Waals surface area contributed by atoms with Crippen molar-refractivity contribution in [1.82, 2.24) is 5.32 Å². The second-order valence-electron chi connectivity index (χ2n) is 4.98. The molecule has 0 atom stereocenters. The van der Waals surface area contributed by atoms with Gasteiger partial charge in [0.15, 0.2) is 0 Å². The Balaban J connectivity index is 2.04. The number of aryl methyl sites for hydroxylation is 2. The zero-order valence-corrected chi connectivity index (χ0v) is 10.6. The van der Waals surface area contributed by atoms with Crippen molar-refractivity contribution in [3.05, 3.63) is 22.6 Å². The molecule has 1 saturated carbocycles. The van der Waals surface area contributed by atoms with E-state index in [9.17, 15) is 9.90 Å². The van der Waals surface area contributed by atoms with Crippen LogP contribution in [0.15, 0.2) is 4.42 Å². The summed E-state index contributed by atoms with van der Waals surface area (Å²) in [6.07, 6.45) is 2.58. The number of nitrogens with one attached hydrogen (secondary N) is 1. The molecule has 1 heterocycles. The molecule has 2 N–H and O–H groups in total. The van der Waals surface area contributed by atoms with E-state index in [1.807, 2.05) is 13.8 Å². The van der Waals surface area contributed by atoms with Crippen LogP contribution in [0.3, 0.4) is 0 Å². The molecule has 1 aliphatic rings. The van der Waals surface area contributed by atoms with Crippen LogP contribution in [0.1, 0.15) is 46.7 Å². The van der Waals surface area contributed by atoms with Crippen LogP contribution >= 0.6 is 0 Å². The normalized spacial score (nSPS) is 17.6. The summed E-state index contributed by atoms with van der Waals surface area (Å²) in [5, 5.41) is 12.7. The number of furan rings is 1. The first-order valence-electron chi connectivity index (χ1n) is 6.00. The summed E-state index contributed by atoms with van der Waals surface area (Å²) in [4.78, 5) is 12.0. The van der Waals surface area contributed by atoms with Gasteiger partial charge in [-0.3, -0.25) is 4.79 Å². The SMILES string of the molecule is Cc1oc(C)c(C(=O)NCC2(O)CCC2)c1C. The molecule has 94 valence electrons. The van der Waals surface area contributed by atoms with E-state index in [1.165, 1.54) is 0 Å². The van der Waals surface area contributed by atoms with Crippen LogP contribution in [0.25, 0.3) is 0 Å². The Bertz CT molecular complexity index is 444. The number of amides is 1. The molecule has 4 heteroatoms. The lowest BCUT2D eigenvalue weighted by atomic mass is 9.80. The zero-order chi connectivity index (χ0) is 12.6. The Morgan fingerprint density at radius 2 is 2.00 bits per heavy atom. The Morgan fingerprint density at radius 3 is 2.41 bits per heavy atom. The van der Waals surface area contributed by atoms with Crippen LogP contribution in [0.4, 0.5) is 0 Å². The predicted molar refractivity (Wildman–Crippen MR) is 64.1 cm³/mol. The van der Waals surface area contributed by atoms with Crippen LogP contribution in [0.2, 0.25) is 0 Å². The molecule has 0 radical (unpaired) electrons. The lowest BCUT2D eigenvalue weighted by Gasteiger charge is -2.36. The molecule has 0 aromatic carbocycles. The number of hydrogen-bond acceptors (Lipinski definition) is 3. The second kappa shape index (κ2) is 4.18. The standard InChI is InChI=1S/C13H19NO3/c1-8-9(2)17-10(3)11(8)12(15)14-7-13(16)5-4-6-13/h16H,4-7H2,1-3H3,(H,14,15). The van der Waals surface area contributed by atoms with Crippen molar-refractivity contribution in [2.45, 2.75) is 45.6 Å². The van der Waals surface area contributed by atoms with Gasteiger partial charge in [-0.15, -0.1) is 0 Å². The van der Waals surface area contributed by atoms with Crippen LogP contribution in [-0.4, -0.2) is 23.2 Å². The van der Waals surface area contributed by atoms with E-state index >= 15 is 0 Å². The molecule has 1 aromatic rings. The molecule has 0 unspecified atom stereocenters. The fraction of sp³-hybridized carbons (Fsp3) is 0.615. The molecule has 4 nitrogen and oxygen atoms in total. The quantitative estimate of drug-likeness (QED) is 0.843. The van der Waals surface area contributed by atoms with Gasteiger partial charge in [-0.25, -0.2) is 0 Å². The lowest BCUT2D eigenvalue weighted by molar-refractivity contribution is -0.0300. The third-order valence-electron chi connectivity index (χ3n) is 3.65. The largest absolute Gasteiger partial charge is 0.466 e. The summed E-state index contributed by atoms with van der Waals surface area (Å²) >= 11 is 0. The molecule has 1 aliphatic carbocycles. The highest BCUT2D eigenvalue weighted by atomic mass is 16.3.